The number of hydrogen-bond acceptors (Lipinski definition) is 2. The second-order valence-electron chi connectivity index (χ2n) is 5.37. The van der Waals surface area contributed by atoms with Gasteiger partial charge in [-0.05, 0) is 42.5 Å². The van der Waals surface area contributed by atoms with Crippen molar-refractivity contribution in [2.75, 3.05) is 0 Å². The van der Waals surface area contributed by atoms with Gasteiger partial charge in [-0.25, -0.2) is 0 Å². The normalized spacial score (nSPS) is 14.4. The van der Waals surface area contributed by atoms with E-state index in [0.29, 0.717) is 0 Å². The van der Waals surface area contributed by atoms with Crippen LogP contribution in [0.2, 0.25) is 0 Å². The Bertz CT molecular complexity index is 379. The molecule has 2 nitrogen and oxygen atoms in total. The minimum Gasteiger partial charge on any atom is -0.271 e. The summed E-state index contributed by atoms with van der Waals surface area (Å²) in [7, 11) is 0. The molecule has 108 valence electrons. The summed E-state index contributed by atoms with van der Waals surface area (Å²) in [6.07, 6.45) is 6.23. The number of hydrazine groups is 1. The summed E-state index contributed by atoms with van der Waals surface area (Å²) < 4.78 is 1.12. The SMILES string of the molecule is CCCCC(CC)CC(NN)c1cc(Br)ccc1C. The molecule has 2 atom stereocenters. The van der Waals surface area contributed by atoms with E-state index in [0.717, 1.165) is 16.8 Å². The summed E-state index contributed by atoms with van der Waals surface area (Å²) in [5, 5.41) is 0. The number of hydrogen-bond donors (Lipinski definition) is 2. The Hall–Kier alpha value is -0.380. The highest BCUT2D eigenvalue weighted by atomic mass is 79.9. The van der Waals surface area contributed by atoms with Crippen molar-refractivity contribution in [1.29, 1.82) is 0 Å². The first-order valence-corrected chi connectivity index (χ1v) is 8.13. The molecule has 0 spiro atoms. The summed E-state index contributed by atoms with van der Waals surface area (Å²) in [6.45, 7) is 6.69. The van der Waals surface area contributed by atoms with Crippen molar-refractivity contribution in [2.45, 2.75) is 58.9 Å². The Morgan fingerprint density at radius 1 is 1.32 bits per heavy atom. The third-order valence-corrected chi connectivity index (χ3v) is 4.42. The summed E-state index contributed by atoms with van der Waals surface area (Å²) in [6, 6.07) is 6.67. The lowest BCUT2D eigenvalue weighted by Gasteiger charge is -2.24. The molecule has 19 heavy (non-hydrogen) atoms. The van der Waals surface area contributed by atoms with Gasteiger partial charge in [0.05, 0.1) is 0 Å². The lowest BCUT2D eigenvalue weighted by molar-refractivity contribution is 0.355. The van der Waals surface area contributed by atoms with Crippen molar-refractivity contribution in [3.63, 3.8) is 0 Å². The zero-order valence-corrected chi connectivity index (χ0v) is 14.0. The van der Waals surface area contributed by atoms with Crippen molar-refractivity contribution in [3.05, 3.63) is 33.8 Å². The standard InChI is InChI=1S/C16H27BrN2/c1-4-6-7-13(5-2)10-16(19-18)15-11-14(17)9-8-12(15)3/h8-9,11,13,16,19H,4-7,10,18H2,1-3H3. The fraction of sp³-hybridized carbons (Fsp3) is 0.625. The van der Waals surface area contributed by atoms with E-state index in [2.05, 4.69) is 60.3 Å². The summed E-state index contributed by atoms with van der Waals surface area (Å²) in [5.41, 5.74) is 5.62. The van der Waals surface area contributed by atoms with Crippen LogP contribution in [0, 0.1) is 12.8 Å². The first kappa shape index (κ1) is 16.7. The number of nitrogens with two attached hydrogens (primary N) is 1. The van der Waals surface area contributed by atoms with E-state index in [1.165, 1.54) is 36.8 Å². The molecule has 3 N–H and O–H groups in total. The molecule has 0 radical (unpaired) electrons. The Balaban J connectivity index is 2.78. The molecule has 0 saturated heterocycles. The zero-order chi connectivity index (χ0) is 14.3. The number of nitrogens with one attached hydrogen (secondary N) is 1. The Morgan fingerprint density at radius 2 is 2.05 bits per heavy atom. The summed E-state index contributed by atoms with van der Waals surface area (Å²) >= 11 is 3.55. The van der Waals surface area contributed by atoms with E-state index in [-0.39, 0.29) is 6.04 Å². The predicted octanol–water partition coefficient (Wildman–Crippen LogP) is 4.87. The van der Waals surface area contributed by atoms with Crippen LogP contribution in [-0.2, 0) is 0 Å². The first-order valence-electron chi connectivity index (χ1n) is 7.34. The fourth-order valence-corrected chi connectivity index (χ4v) is 2.97. The lowest BCUT2D eigenvalue weighted by atomic mass is 9.88. The molecule has 2 unspecified atom stereocenters. The van der Waals surface area contributed by atoms with Gasteiger partial charge in [0, 0.05) is 10.5 Å². The Morgan fingerprint density at radius 3 is 2.63 bits per heavy atom. The second kappa shape index (κ2) is 8.72. The van der Waals surface area contributed by atoms with Gasteiger partial charge in [0.2, 0.25) is 0 Å². The smallest absolute Gasteiger partial charge is 0.0465 e. The van der Waals surface area contributed by atoms with Crippen molar-refractivity contribution < 1.29 is 0 Å². The molecule has 0 aliphatic carbocycles. The molecule has 0 amide bonds. The predicted molar refractivity (Wildman–Crippen MR) is 86.9 cm³/mol. The molecule has 1 aromatic rings. The molecular weight excluding hydrogens is 300 g/mol. The van der Waals surface area contributed by atoms with Gasteiger partial charge in [0.1, 0.15) is 0 Å². The number of aryl methyl sites for hydroxylation is 1. The molecule has 3 heteroatoms. The van der Waals surface area contributed by atoms with Crippen LogP contribution in [0.1, 0.15) is 63.1 Å². The molecule has 1 aromatic carbocycles. The van der Waals surface area contributed by atoms with Crippen molar-refractivity contribution >= 4 is 15.9 Å². The average molecular weight is 327 g/mol. The molecular formula is C16H27BrN2. The average Bonchev–Trinajstić information content (AvgIpc) is 2.42. The van der Waals surface area contributed by atoms with Gasteiger partial charge < -0.3 is 0 Å². The maximum Gasteiger partial charge on any atom is 0.0465 e. The van der Waals surface area contributed by atoms with Gasteiger partial charge in [-0.3, -0.25) is 11.3 Å². The van der Waals surface area contributed by atoms with Crippen molar-refractivity contribution in [1.82, 2.24) is 5.43 Å². The summed E-state index contributed by atoms with van der Waals surface area (Å²) in [4.78, 5) is 0. The molecule has 0 aliphatic heterocycles. The van der Waals surface area contributed by atoms with Crippen molar-refractivity contribution in [3.8, 4) is 0 Å². The van der Waals surface area contributed by atoms with Gasteiger partial charge >= 0.3 is 0 Å². The lowest BCUT2D eigenvalue weighted by Crippen LogP contribution is -2.30. The van der Waals surface area contributed by atoms with Crippen LogP contribution < -0.4 is 11.3 Å². The fourth-order valence-electron chi connectivity index (χ4n) is 2.59. The largest absolute Gasteiger partial charge is 0.271 e. The Kier molecular flexibility index (Phi) is 7.66. The highest BCUT2D eigenvalue weighted by Crippen LogP contribution is 2.29. The molecule has 0 fully saturated rings. The first-order chi connectivity index (χ1) is 9.12. The van der Waals surface area contributed by atoms with Crippen LogP contribution in [0.3, 0.4) is 0 Å². The van der Waals surface area contributed by atoms with Crippen LogP contribution in [0.25, 0.3) is 0 Å². The van der Waals surface area contributed by atoms with E-state index < -0.39 is 0 Å². The van der Waals surface area contributed by atoms with E-state index in [4.69, 9.17) is 5.84 Å². The van der Waals surface area contributed by atoms with Crippen LogP contribution in [0.5, 0.6) is 0 Å². The van der Waals surface area contributed by atoms with Crippen molar-refractivity contribution in [2.24, 2.45) is 11.8 Å². The van der Waals surface area contributed by atoms with Gasteiger partial charge in [0.15, 0.2) is 0 Å². The third kappa shape index (κ3) is 5.25. The molecule has 0 bridgehead atoms. The topological polar surface area (TPSA) is 38.0 Å². The highest BCUT2D eigenvalue weighted by Gasteiger charge is 2.17. The van der Waals surface area contributed by atoms with E-state index in [1.54, 1.807) is 0 Å². The third-order valence-electron chi connectivity index (χ3n) is 3.93. The van der Waals surface area contributed by atoms with Crippen LogP contribution in [0.4, 0.5) is 0 Å². The second-order valence-corrected chi connectivity index (χ2v) is 6.29. The van der Waals surface area contributed by atoms with Gasteiger partial charge in [-0.15, -0.1) is 0 Å². The number of unbranched alkanes of at least 4 members (excludes halogenated alkanes) is 1. The monoisotopic (exact) mass is 326 g/mol. The summed E-state index contributed by atoms with van der Waals surface area (Å²) in [5.74, 6) is 6.54. The maximum atomic E-state index is 5.79. The molecule has 0 saturated carbocycles. The van der Waals surface area contributed by atoms with Gasteiger partial charge in [-0.2, -0.15) is 0 Å². The van der Waals surface area contributed by atoms with Crippen LogP contribution in [-0.4, -0.2) is 0 Å². The van der Waals surface area contributed by atoms with E-state index in [9.17, 15) is 0 Å². The quantitative estimate of drug-likeness (QED) is 0.528. The molecule has 1 rings (SSSR count). The van der Waals surface area contributed by atoms with E-state index in [1.807, 2.05) is 0 Å². The number of halogens is 1. The molecule has 0 heterocycles. The van der Waals surface area contributed by atoms with Crippen LogP contribution in [0.15, 0.2) is 22.7 Å². The maximum absolute atomic E-state index is 5.79. The zero-order valence-electron chi connectivity index (χ0n) is 12.4. The molecule has 0 aromatic heterocycles. The van der Waals surface area contributed by atoms with Crippen LogP contribution >= 0.6 is 15.9 Å². The van der Waals surface area contributed by atoms with E-state index >= 15 is 0 Å². The number of benzene rings is 1. The Labute approximate surface area is 126 Å². The minimum absolute atomic E-state index is 0.249. The number of rotatable bonds is 8. The van der Waals surface area contributed by atoms with Gasteiger partial charge in [0.25, 0.3) is 0 Å². The minimum atomic E-state index is 0.249. The van der Waals surface area contributed by atoms with Gasteiger partial charge in [-0.1, -0.05) is 61.5 Å². The molecule has 0 aliphatic rings. The highest BCUT2D eigenvalue weighted by molar-refractivity contribution is 9.10.